The first-order valence-corrected chi connectivity index (χ1v) is 6.72. The van der Waals surface area contributed by atoms with E-state index in [0.29, 0.717) is 22.3 Å². The smallest absolute Gasteiger partial charge is 0.143 e. The lowest BCUT2D eigenvalue weighted by molar-refractivity contribution is 0.416. The molecule has 0 radical (unpaired) electrons. The van der Waals surface area contributed by atoms with Gasteiger partial charge in [-0.25, -0.2) is 0 Å². The van der Waals surface area contributed by atoms with E-state index in [2.05, 4.69) is 27.3 Å². The molecule has 0 aliphatic heterocycles. The molecule has 0 unspecified atom stereocenters. The second kappa shape index (κ2) is 6.31. The maximum Gasteiger partial charge on any atom is 0.143 e. The van der Waals surface area contributed by atoms with E-state index in [-0.39, 0.29) is 5.75 Å². The molecule has 0 saturated carbocycles. The molecule has 0 spiro atoms. The van der Waals surface area contributed by atoms with E-state index in [1.165, 1.54) is 0 Å². The minimum atomic E-state index is 0.213. The van der Waals surface area contributed by atoms with Crippen molar-refractivity contribution >= 4 is 21.6 Å². The SMILES string of the molecule is COc1cc(C#N)ccc1NCc1ccc(O)c(Br)c1. The lowest BCUT2D eigenvalue weighted by Gasteiger charge is -2.12. The molecule has 0 aliphatic carbocycles. The zero-order valence-electron chi connectivity index (χ0n) is 10.9. The number of nitrogens with one attached hydrogen (secondary N) is 1. The molecular weight excluding hydrogens is 320 g/mol. The predicted octanol–water partition coefficient (Wildman–Crippen LogP) is 3.65. The summed E-state index contributed by atoms with van der Waals surface area (Å²) < 4.78 is 5.91. The number of nitrogens with zero attached hydrogens (tertiary/aromatic N) is 1. The number of phenolic OH excluding ortho intramolecular Hbond substituents is 1. The molecule has 0 heterocycles. The fourth-order valence-electron chi connectivity index (χ4n) is 1.76. The molecule has 0 bridgehead atoms. The number of hydrogen-bond donors (Lipinski definition) is 2. The Morgan fingerprint density at radius 2 is 2.10 bits per heavy atom. The molecule has 0 aromatic heterocycles. The van der Waals surface area contributed by atoms with Gasteiger partial charge in [0.15, 0.2) is 0 Å². The quantitative estimate of drug-likeness (QED) is 0.896. The number of rotatable bonds is 4. The highest BCUT2D eigenvalue weighted by atomic mass is 79.9. The summed E-state index contributed by atoms with van der Waals surface area (Å²) in [6.45, 7) is 0.584. The third-order valence-corrected chi connectivity index (χ3v) is 3.46. The van der Waals surface area contributed by atoms with Gasteiger partial charge in [-0.3, -0.25) is 0 Å². The first-order chi connectivity index (χ1) is 9.63. The topological polar surface area (TPSA) is 65.3 Å². The van der Waals surface area contributed by atoms with Crippen molar-refractivity contribution in [3.63, 3.8) is 0 Å². The summed E-state index contributed by atoms with van der Waals surface area (Å²) >= 11 is 3.28. The molecule has 0 fully saturated rings. The number of ether oxygens (including phenoxy) is 1. The number of aromatic hydroxyl groups is 1. The summed E-state index contributed by atoms with van der Waals surface area (Å²) in [5.74, 6) is 0.839. The van der Waals surface area contributed by atoms with Crippen LogP contribution in [-0.4, -0.2) is 12.2 Å². The monoisotopic (exact) mass is 332 g/mol. The highest BCUT2D eigenvalue weighted by Crippen LogP contribution is 2.27. The third kappa shape index (κ3) is 3.22. The maximum atomic E-state index is 9.45. The molecule has 2 N–H and O–H groups in total. The number of anilines is 1. The van der Waals surface area contributed by atoms with Crippen LogP contribution < -0.4 is 10.1 Å². The minimum absolute atomic E-state index is 0.213. The summed E-state index contributed by atoms with van der Waals surface area (Å²) in [5.41, 5.74) is 2.39. The van der Waals surface area contributed by atoms with Crippen molar-refractivity contribution in [3.05, 3.63) is 52.0 Å². The van der Waals surface area contributed by atoms with Crippen LogP contribution in [0.5, 0.6) is 11.5 Å². The highest BCUT2D eigenvalue weighted by Gasteiger charge is 2.05. The van der Waals surface area contributed by atoms with Crippen LogP contribution in [0.3, 0.4) is 0 Å². The second-order valence-corrected chi connectivity index (χ2v) is 5.02. The number of halogens is 1. The molecular formula is C15H13BrN2O2. The summed E-state index contributed by atoms with van der Waals surface area (Å²) in [7, 11) is 1.57. The highest BCUT2D eigenvalue weighted by molar-refractivity contribution is 9.10. The van der Waals surface area contributed by atoms with Crippen LogP contribution >= 0.6 is 15.9 Å². The van der Waals surface area contributed by atoms with E-state index in [4.69, 9.17) is 10.00 Å². The number of nitriles is 1. The lowest BCUT2D eigenvalue weighted by Crippen LogP contribution is -2.01. The molecule has 0 aliphatic rings. The van der Waals surface area contributed by atoms with E-state index in [1.54, 1.807) is 25.3 Å². The Kier molecular flexibility index (Phi) is 4.49. The van der Waals surface area contributed by atoms with Crippen molar-refractivity contribution in [2.45, 2.75) is 6.54 Å². The first kappa shape index (κ1) is 14.2. The standard InChI is InChI=1S/C15H13BrN2O2/c1-20-15-7-10(8-17)2-4-13(15)18-9-11-3-5-14(19)12(16)6-11/h2-7,18-19H,9H2,1H3. The van der Waals surface area contributed by atoms with Crippen molar-refractivity contribution in [2.24, 2.45) is 0 Å². The van der Waals surface area contributed by atoms with E-state index in [0.717, 1.165) is 11.3 Å². The van der Waals surface area contributed by atoms with Crippen LogP contribution in [0.15, 0.2) is 40.9 Å². The van der Waals surface area contributed by atoms with Crippen molar-refractivity contribution in [1.29, 1.82) is 5.26 Å². The molecule has 102 valence electrons. The van der Waals surface area contributed by atoms with Crippen molar-refractivity contribution in [2.75, 3.05) is 12.4 Å². The summed E-state index contributed by atoms with van der Waals surface area (Å²) in [4.78, 5) is 0. The van der Waals surface area contributed by atoms with Gasteiger partial charge in [0.2, 0.25) is 0 Å². The lowest BCUT2D eigenvalue weighted by atomic mass is 10.2. The minimum Gasteiger partial charge on any atom is -0.507 e. The predicted molar refractivity (Wildman–Crippen MR) is 80.8 cm³/mol. The normalized spacial score (nSPS) is 9.85. The van der Waals surface area contributed by atoms with E-state index >= 15 is 0 Å². The third-order valence-electron chi connectivity index (χ3n) is 2.83. The molecule has 4 nitrogen and oxygen atoms in total. The van der Waals surface area contributed by atoms with Gasteiger partial charge < -0.3 is 15.2 Å². The number of hydrogen-bond acceptors (Lipinski definition) is 4. The van der Waals surface area contributed by atoms with Crippen LogP contribution in [0, 0.1) is 11.3 Å². The van der Waals surface area contributed by atoms with E-state index in [1.807, 2.05) is 18.2 Å². The van der Waals surface area contributed by atoms with Gasteiger partial charge >= 0.3 is 0 Å². The number of phenols is 1. The fraction of sp³-hybridized carbons (Fsp3) is 0.133. The van der Waals surface area contributed by atoms with Gasteiger partial charge in [0.25, 0.3) is 0 Å². The molecule has 0 saturated heterocycles. The Morgan fingerprint density at radius 1 is 1.30 bits per heavy atom. The van der Waals surface area contributed by atoms with Crippen LogP contribution in [0.25, 0.3) is 0 Å². The molecule has 0 amide bonds. The molecule has 2 aromatic rings. The Hall–Kier alpha value is -2.19. The van der Waals surface area contributed by atoms with Crippen molar-refractivity contribution < 1.29 is 9.84 Å². The maximum absolute atomic E-state index is 9.45. The van der Waals surface area contributed by atoms with Crippen LogP contribution in [0.2, 0.25) is 0 Å². The Bertz CT molecular complexity index is 665. The second-order valence-electron chi connectivity index (χ2n) is 4.17. The molecule has 2 aromatic carbocycles. The Morgan fingerprint density at radius 3 is 2.75 bits per heavy atom. The largest absolute Gasteiger partial charge is 0.507 e. The zero-order chi connectivity index (χ0) is 14.5. The molecule has 0 atom stereocenters. The Labute approximate surface area is 125 Å². The van der Waals surface area contributed by atoms with E-state index in [9.17, 15) is 5.11 Å². The van der Waals surface area contributed by atoms with Gasteiger partial charge in [-0.2, -0.15) is 5.26 Å². The fourth-order valence-corrected chi connectivity index (χ4v) is 2.19. The van der Waals surface area contributed by atoms with Gasteiger partial charge in [-0.1, -0.05) is 6.07 Å². The summed E-state index contributed by atoms with van der Waals surface area (Å²) in [5, 5.41) is 21.6. The van der Waals surface area contributed by atoms with Crippen LogP contribution in [0.4, 0.5) is 5.69 Å². The van der Waals surface area contributed by atoms with Gasteiger partial charge in [0, 0.05) is 12.6 Å². The van der Waals surface area contributed by atoms with Crippen molar-refractivity contribution in [1.82, 2.24) is 0 Å². The van der Waals surface area contributed by atoms with Crippen LogP contribution in [-0.2, 0) is 6.54 Å². The van der Waals surface area contributed by atoms with Gasteiger partial charge in [0.1, 0.15) is 11.5 Å². The van der Waals surface area contributed by atoms with Gasteiger partial charge in [0.05, 0.1) is 28.9 Å². The Balaban J connectivity index is 2.14. The number of benzene rings is 2. The first-order valence-electron chi connectivity index (χ1n) is 5.93. The summed E-state index contributed by atoms with van der Waals surface area (Å²) in [6, 6.07) is 12.6. The average Bonchev–Trinajstić information content (AvgIpc) is 2.48. The number of methoxy groups -OCH3 is 1. The molecule has 20 heavy (non-hydrogen) atoms. The van der Waals surface area contributed by atoms with Gasteiger partial charge in [-0.15, -0.1) is 0 Å². The molecule has 5 heteroatoms. The van der Waals surface area contributed by atoms with Gasteiger partial charge in [-0.05, 0) is 45.8 Å². The van der Waals surface area contributed by atoms with Crippen molar-refractivity contribution in [3.8, 4) is 17.6 Å². The summed E-state index contributed by atoms with van der Waals surface area (Å²) in [6.07, 6.45) is 0. The average molecular weight is 333 g/mol. The van der Waals surface area contributed by atoms with E-state index < -0.39 is 0 Å². The zero-order valence-corrected chi connectivity index (χ0v) is 12.4. The van der Waals surface area contributed by atoms with Crippen LogP contribution in [0.1, 0.15) is 11.1 Å². The molecule has 2 rings (SSSR count).